The van der Waals surface area contributed by atoms with Gasteiger partial charge in [0.1, 0.15) is 5.75 Å². The molecule has 0 aliphatic heterocycles. The first-order chi connectivity index (χ1) is 7.81. The summed E-state index contributed by atoms with van der Waals surface area (Å²) in [5.74, 6) is 0.323. The zero-order valence-corrected chi connectivity index (χ0v) is 11.8. The predicted molar refractivity (Wildman–Crippen MR) is 69.4 cm³/mol. The normalized spacial score (nSPS) is 11.9. The molecule has 0 radical (unpaired) electrons. The van der Waals surface area contributed by atoms with Crippen molar-refractivity contribution < 1.29 is 17.9 Å². The standard InChI is InChI=1S/C12H14F3IO/c1-8(2)5-9-3-4-10(7-16)11(6-9)17-12(13,14)15/h3-4,6,8H,5,7H2,1-2H3. The summed E-state index contributed by atoms with van der Waals surface area (Å²) < 4.78 is 41.2. The molecule has 0 N–H and O–H groups in total. The number of ether oxygens (including phenoxy) is 1. The predicted octanol–water partition coefficient (Wildman–Crippen LogP) is 4.72. The second-order valence-electron chi connectivity index (χ2n) is 4.22. The molecule has 1 nitrogen and oxygen atoms in total. The Labute approximate surface area is 112 Å². The molecular weight excluding hydrogens is 344 g/mol. The molecule has 1 rings (SSSR count). The van der Waals surface area contributed by atoms with Gasteiger partial charge in [-0.2, -0.15) is 0 Å². The van der Waals surface area contributed by atoms with Crippen molar-refractivity contribution in [1.82, 2.24) is 0 Å². The van der Waals surface area contributed by atoms with Crippen LogP contribution >= 0.6 is 22.6 Å². The molecule has 0 unspecified atom stereocenters. The maximum Gasteiger partial charge on any atom is 0.573 e. The van der Waals surface area contributed by atoms with Crippen molar-refractivity contribution in [3.8, 4) is 5.75 Å². The Morgan fingerprint density at radius 3 is 2.41 bits per heavy atom. The second-order valence-corrected chi connectivity index (χ2v) is 4.98. The van der Waals surface area contributed by atoms with Crippen LogP contribution in [0.3, 0.4) is 0 Å². The first kappa shape index (κ1) is 14.6. The van der Waals surface area contributed by atoms with Gasteiger partial charge >= 0.3 is 6.36 Å². The third kappa shape index (κ3) is 5.14. The topological polar surface area (TPSA) is 9.23 Å². The van der Waals surface area contributed by atoms with Gasteiger partial charge in [0.15, 0.2) is 0 Å². The number of benzene rings is 1. The summed E-state index contributed by atoms with van der Waals surface area (Å²) in [5.41, 5.74) is 1.43. The smallest absolute Gasteiger partial charge is 0.405 e. The summed E-state index contributed by atoms with van der Waals surface area (Å²) in [4.78, 5) is 0. The van der Waals surface area contributed by atoms with Crippen molar-refractivity contribution in [1.29, 1.82) is 0 Å². The summed E-state index contributed by atoms with van der Waals surface area (Å²) in [6, 6.07) is 5.05. The van der Waals surface area contributed by atoms with E-state index in [9.17, 15) is 13.2 Å². The van der Waals surface area contributed by atoms with E-state index >= 15 is 0 Å². The Hall–Kier alpha value is -0.460. The lowest BCUT2D eigenvalue weighted by Gasteiger charge is -2.14. The van der Waals surface area contributed by atoms with Gasteiger partial charge < -0.3 is 4.74 Å². The van der Waals surface area contributed by atoms with Crippen LogP contribution in [0.4, 0.5) is 13.2 Å². The average molecular weight is 358 g/mol. The van der Waals surface area contributed by atoms with Gasteiger partial charge in [0.2, 0.25) is 0 Å². The molecule has 0 saturated carbocycles. The van der Waals surface area contributed by atoms with Gasteiger partial charge in [0.25, 0.3) is 0 Å². The zero-order chi connectivity index (χ0) is 13.1. The third-order valence-corrected chi connectivity index (χ3v) is 2.97. The van der Waals surface area contributed by atoms with Crippen LogP contribution in [0.1, 0.15) is 25.0 Å². The van der Waals surface area contributed by atoms with Crippen LogP contribution in [0, 0.1) is 5.92 Å². The highest BCUT2D eigenvalue weighted by Gasteiger charge is 2.32. The van der Waals surface area contributed by atoms with Gasteiger partial charge in [-0.15, -0.1) is 13.2 Å². The maximum atomic E-state index is 12.2. The molecule has 0 fully saturated rings. The first-order valence-electron chi connectivity index (χ1n) is 5.25. The van der Waals surface area contributed by atoms with Crippen LogP contribution in [-0.2, 0) is 10.8 Å². The molecule has 1 aromatic rings. The Bertz CT molecular complexity index is 375. The van der Waals surface area contributed by atoms with Crippen LogP contribution in [0.25, 0.3) is 0 Å². The van der Waals surface area contributed by atoms with E-state index < -0.39 is 6.36 Å². The largest absolute Gasteiger partial charge is 0.573 e. The third-order valence-electron chi connectivity index (χ3n) is 2.15. The van der Waals surface area contributed by atoms with Crippen molar-refractivity contribution in [3.63, 3.8) is 0 Å². The van der Waals surface area contributed by atoms with Gasteiger partial charge in [-0.25, -0.2) is 0 Å². The van der Waals surface area contributed by atoms with Gasteiger partial charge in [0, 0.05) is 9.99 Å². The highest BCUT2D eigenvalue weighted by molar-refractivity contribution is 14.1. The summed E-state index contributed by atoms with van der Waals surface area (Å²) in [5, 5.41) is 0. The fraction of sp³-hybridized carbons (Fsp3) is 0.500. The summed E-state index contributed by atoms with van der Waals surface area (Å²) in [6.07, 6.45) is -3.88. The van der Waals surface area contributed by atoms with E-state index in [1.165, 1.54) is 6.07 Å². The maximum absolute atomic E-state index is 12.2. The molecular formula is C12H14F3IO. The SMILES string of the molecule is CC(C)Cc1ccc(CI)c(OC(F)(F)F)c1. The molecule has 0 saturated heterocycles. The molecule has 0 amide bonds. The Kier molecular flexibility index (Phi) is 5.09. The molecule has 0 heterocycles. The first-order valence-corrected chi connectivity index (χ1v) is 6.78. The lowest BCUT2D eigenvalue weighted by molar-refractivity contribution is -0.274. The van der Waals surface area contributed by atoms with E-state index in [2.05, 4.69) is 4.74 Å². The van der Waals surface area contributed by atoms with E-state index in [1.54, 1.807) is 6.07 Å². The number of alkyl halides is 4. The Morgan fingerprint density at radius 2 is 1.94 bits per heavy atom. The van der Waals surface area contributed by atoms with E-state index in [0.717, 1.165) is 12.0 Å². The van der Waals surface area contributed by atoms with Crippen molar-refractivity contribution in [3.05, 3.63) is 29.3 Å². The average Bonchev–Trinajstić information content (AvgIpc) is 2.14. The van der Waals surface area contributed by atoms with Crippen molar-refractivity contribution in [2.45, 2.75) is 31.1 Å². The van der Waals surface area contributed by atoms with E-state index in [-0.39, 0.29) is 5.75 Å². The highest BCUT2D eigenvalue weighted by Crippen LogP contribution is 2.29. The number of rotatable bonds is 4. The summed E-state index contributed by atoms with van der Waals surface area (Å²) in [6.45, 7) is 4.05. The molecule has 1 aromatic carbocycles. The van der Waals surface area contributed by atoms with Gasteiger partial charge in [0.05, 0.1) is 0 Å². The molecule has 0 atom stereocenters. The number of hydrogen-bond acceptors (Lipinski definition) is 1. The molecule has 0 aromatic heterocycles. The minimum atomic E-state index is -4.63. The van der Waals surface area contributed by atoms with Crippen LogP contribution in [-0.4, -0.2) is 6.36 Å². The van der Waals surface area contributed by atoms with Crippen molar-refractivity contribution in [2.24, 2.45) is 5.92 Å². The summed E-state index contributed by atoms with van der Waals surface area (Å²) >= 11 is 2.02. The van der Waals surface area contributed by atoms with E-state index in [4.69, 9.17) is 0 Å². The minimum Gasteiger partial charge on any atom is -0.405 e. The minimum absolute atomic E-state index is 0.0787. The fourth-order valence-corrected chi connectivity index (χ4v) is 2.16. The quantitative estimate of drug-likeness (QED) is 0.559. The Morgan fingerprint density at radius 1 is 1.29 bits per heavy atom. The second kappa shape index (κ2) is 5.93. The zero-order valence-electron chi connectivity index (χ0n) is 9.64. The number of halogens is 4. The van der Waals surface area contributed by atoms with Crippen LogP contribution in [0.15, 0.2) is 18.2 Å². The van der Waals surface area contributed by atoms with Gasteiger partial charge in [-0.05, 0) is 24.0 Å². The number of hydrogen-bond donors (Lipinski definition) is 0. The van der Waals surface area contributed by atoms with Crippen LogP contribution in [0.2, 0.25) is 0 Å². The fourth-order valence-electron chi connectivity index (χ4n) is 1.53. The van der Waals surface area contributed by atoms with Crippen molar-refractivity contribution >= 4 is 22.6 Å². The van der Waals surface area contributed by atoms with Gasteiger partial charge in [-0.3, -0.25) is 0 Å². The molecule has 5 heteroatoms. The molecule has 0 aliphatic rings. The van der Waals surface area contributed by atoms with Crippen molar-refractivity contribution in [2.75, 3.05) is 0 Å². The van der Waals surface area contributed by atoms with Crippen LogP contribution in [0.5, 0.6) is 5.75 Å². The summed E-state index contributed by atoms with van der Waals surface area (Å²) in [7, 11) is 0. The highest BCUT2D eigenvalue weighted by atomic mass is 127. The lowest BCUT2D eigenvalue weighted by atomic mass is 10.0. The Balaban J connectivity index is 2.98. The molecule has 96 valence electrons. The van der Waals surface area contributed by atoms with E-state index in [0.29, 0.717) is 15.9 Å². The molecule has 0 spiro atoms. The van der Waals surface area contributed by atoms with Crippen LogP contribution < -0.4 is 4.74 Å². The lowest BCUT2D eigenvalue weighted by Crippen LogP contribution is -2.18. The van der Waals surface area contributed by atoms with Gasteiger partial charge in [-0.1, -0.05) is 48.6 Å². The molecule has 0 bridgehead atoms. The van der Waals surface area contributed by atoms with E-state index in [1.807, 2.05) is 42.5 Å². The molecule has 17 heavy (non-hydrogen) atoms. The molecule has 0 aliphatic carbocycles. The monoisotopic (exact) mass is 358 g/mol.